The van der Waals surface area contributed by atoms with E-state index in [2.05, 4.69) is 0 Å². The van der Waals surface area contributed by atoms with Gasteiger partial charge in [-0.3, -0.25) is 9.59 Å². The van der Waals surface area contributed by atoms with Gasteiger partial charge in [-0.05, 0) is 37.6 Å². The number of carboxylic acids is 1. The fourth-order valence-electron chi connectivity index (χ4n) is 1.71. The van der Waals surface area contributed by atoms with E-state index in [0.29, 0.717) is 12.2 Å². The molecule has 5 heteroatoms. The minimum Gasteiger partial charge on any atom is -0.478 e. The van der Waals surface area contributed by atoms with Crippen LogP contribution in [-0.2, 0) is 9.59 Å². The topological polar surface area (TPSA) is 74.7 Å². The number of carbonyl (C=O) groups excluding carboxylic acids is 2. The lowest BCUT2D eigenvalue weighted by molar-refractivity contribution is -0.125. The van der Waals surface area contributed by atoms with Crippen LogP contribution in [0.15, 0.2) is 24.3 Å². The minimum absolute atomic E-state index is 0.138. The summed E-state index contributed by atoms with van der Waals surface area (Å²) in [6, 6.07) is 6.05. The van der Waals surface area contributed by atoms with E-state index < -0.39 is 5.97 Å². The van der Waals surface area contributed by atoms with Crippen molar-refractivity contribution in [1.29, 1.82) is 0 Å². The van der Waals surface area contributed by atoms with Crippen molar-refractivity contribution < 1.29 is 19.5 Å². The number of Topliss-reactive ketones (excluding diaryl/α,β-unsaturated/α-hetero) is 1. The Morgan fingerprint density at radius 2 is 1.74 bits per heavy atom. The van der Waals surface area contributed by atoms with Crippen LogP contribution in [0, 0.1) is 0 Å². The van der Waals surface area contributed by atoms with Gasteiger partial charge in [0, 0.05) is 12.2 Å². The molecule has 0 atom stereocenters. The van der Waals surface area contributed by atoms with Crippen LogP contribution in [-0.4, -0.2) is 29.3 Å². The Morgan fingerprint density at radius 1 is 1.16 bits per heavy atom. The SMILES string of the molecule is CCCN(C(=O)CC(C)=O)c1ccc(C(=O)O)cc1. The summed E-state index contributed by atoms with van der Waals surface area (Å²) in [6.07, 6.45) is 0.616. The summed E-state index contributed by atoms with van der Waals surface area (Å²) in [5.74, 6) is -1.46. The number of carbonyl (C=O) groups is 3. The van der Waals surface area contributed by atoms with E-state index >= 15 is 0 Å². The molecule has 0 saturated carbocycles. The summed E-state index contributed by atoms with van der Waals surface area (Å²) >= 11 is 0. The molecule has 0 spiro atoms. The van der Waals surface area contributed by atoms with Crippen LogP contribution >= 0.6 is 0 Å². The molecule has 0 aromatic heterocycles. The summed E-state index contributed by atoms with van der Waals surface area (Å²) in [6.45, 7) is 3.80. The third-order valence-electron chi connectivity index (χ3n) is 2.57. The molecule has 0 fully saturated rings. The van der Waals surface area contributed by atoms with Gasteiger partial charge in [-0.15, -0.1) is 0 Å². The quantitative estimate of drug-likeness (QED) is 0.797. The van der Waals surface area contributed by atoms with Crippen LogP contribution in [0.2, 0.25) is 0 Å². The van der Waals surface area contributed by atoms with E-state index in [1.165, 1.54) is 24.0 Å². The maximum absolute atomic E-state index is 12.0. The van der Waals surface area contributed by atoms with Gasteiger partial charge in [0.05, 0.1) is 12.0 Å². The summed E-state index contributed by atoms with van der Waals surface area (Å²) in [5.41, 5.74) is 0.775. The van der Waals surface area contributed by atoms with Gasteiger partial charge in [-0.2, -0.15) is 0 Å². The zero-order valence-corrected chi connectivity index (χ0v) is 11.0. The Bertz CT molecular complexity index is 479. The summed E-state index contributed by atoms with van der Waals surface area (Å²) in [7, 11) is 0. The fourth-order valence-corrected chi connectivity index (χ4v) is 1.71. The highest BCUT2D eigenvalue weighted by Crippen LogP contribution is 2.17. The van der Waals surface area contributed by atoms with Crippen LogP contribution in [0.1, 0.15) is 37.0 Å². The number of benzene rings is 1. The van der Waals surface area contributed by atoms with Gasteiger partial charge in [0.15, 0.2) is 0 Å². The molecule has 0 aliphatic heterocycles. The minimum atomic E-state index is -1.01. The average molecular weight is 263 g/mol. The maximum Gasteiger partial charge on any atom is 0.335 e. The standard InChI is InChI=1S/C14H17NO4/c1-3-8-15(13(17)9-10(2)16)12-6-4-11(5-7-12)14(18)19/h4-7H,3,8-9H2,1-2H3,(H,18,19). The molecular weight excluding hydrogens is 246 g/mol. The lowest BCUT2D eigenvalue weighted by atomic mass is 10.1. The molecule has 0 saturated heterocycles. The van der Waals surface area contributed by atoms with Crippen molar-refractivity contribution >= 4 is 23.3 Å². The first-order chi connectivity index (χ1) is 8.95. The molecule has 1 amide bonds. The van der Waals surface area contributed by atoms with Gasteiger partial charge in [-0.25, -0.2) is 4.79 Å². The van der Waals surface area contributed by atoms with Gasteiger partial charge >= 0.3 is 5.97 Å². The first kappa shape index (κ1) is 14.9. The molecule has 1 N–H and O–H groups in total. The van der Waals surface area contributed by atoms with Crippen LogP contribution < -0.4 is 4.90 Å². The highest BCUT2D eigenvalue weighted by atomic mass is 16.4. The third kappa shape index (κ3) is 4.21. The number of anilines is 1. The normalized spacial score (nSPS) is 10.0. The zero-order chi connectivity index (χ0) is 14.4. The van der Waals surface area contributed by atoms with E-state index in [9.17, 15) is 14.4 Å². The number of nitrogens with zero attached hydrogens (tertiary/aromatic N) is 1. The Kier molecular flexibility index (Phi) is 5.23. The van der Waals surface area contributed by atoms with Gasteiger partial charge in [0.2, 0.25) is 5.91 Å². The lowest BCUT2D eigenvalue weighted by Gasteiger charge is -2.22. The first-order valence-corrected chi connectivity index (χ1v) is 6.09. The van der Waals surface area contributed by atoms with Crippen molar-refractivity contribution in [2.24, 2.45) is 0 Å². The smallest absolute Gasteiger partial charge is 0.335 e. The van der Waals surface area contributed by atoms with Crippen LogP contribution in [0.3, 0.4) is 0 Å². The summed E-state index contributed by atoms with van der Waals surface area (Å²) in [4.78, 5) is 35.2. The second-order valence-corrected chi connectivity index (χ2v) is 4.28. The number of hydrogen-bond donors (Lipinski definition) is 1. The lowest BCUT2D eigenvalue weighted by Crippen LogP contribution is -2.32. The second kappa shape index (κ2) is 6.68. The largest absolute Gasteiger partial charge is 0.478 e. The molecule has 0 radical (unpaired) electrons. The van der Waals surface area contributed by atoms with Crippen LogP contribution in [0.4, 0.5) is 5.69 Å². The van der Waals surface area contributed by atoms with Crippen molar-refractivity contribution in [1.82, 2.24) is 0 Å². The van der Waals surface area contributed by atoms with Crippen LogP contribution in [0.25, 0.3) is 0 Å². The Balaban J connectivity index is 2.95. The summed E-state index contributed by atoms with van der Waals surface area (Å²) < 4.78 is 0. The molecular formula is C14H17NO4. The molecule has 0 aliphatic rings. The molecule has 0 bridgehead atoms. The third-order valence-corrected chi connectivity index (χ3v) is 2.57. The fraction of sp³-hybridized carbons (Fsp3) is 0.357. The predicted octanol–water partition coefficient (Wildman–Crippen LogP) is 2.11. The molecule has 5 nitrogen and oxygen atoms in total. The van der Waals surface area contributed by atoms with Gasteiger partial charge in [0.25, 0.3) is 0 Å². The Labute approximate surface area is 111 Å². The number of rotatable bonds is 6. The highest BCUT2D eigenvalue weighted by Gasteiger charge is 2.16. The molecule has 0 heterocycles. The van der Waals surface area contributed by atoms with Crippen molar-refractivity contribution in [3.8, 4) is 0 Å². The number of carboxylic acid groups (broad SMARTS) is 1. The van der Waals surface area contributed by atoms with E-state index in [1.807, 2.05) is 6.92 Å². The molecule has 1 aromatic carbocycles. The van der Waals surface area contributed by atoms with Gasteiger partial charge in [-0.1, -0.05) is 6.92 Å². The van der Waals surface area contributed by atoms with Crippen molar-refractivity contribution in [2.75, 3.05) is 11.4 Å². The molecule has 1 aromatic rings. The highest BCUT2D eigenvalue weighted by molar-refractivity contribution is 6.05. The molecule has 19 heavy (non-hydrogen) atoms. The Morgan fingerprint density at radius 3 is 2.16 bits per heavy atom. The summed E-state index contributed by atoms with van der Waals surface area (Å²) in [5, 5.41) is 8.82. The zero-order valence-electron chi connectivity index (χ0n) is 11.0. The van der Waals surface area contributed by atoms with Crippen LogP contribution in [0.5, 0.6) is 0 Å². The van der Waals surface area contributed by atoms with E-state index in [1.54, 1.807) is 12.1 Å². The second-order valence-electron chi connectivity index (χ2n) is 4.28. The van der Waals surface area contributed by atoms with Gasteiger partial charge in [0.1, 0.15) is 5.78 Å². The monoisotopic (exact) mass is 263 g/mol. The molecule has 0 unspecified atom stereocenters. The van der Waals surface area contributed by atoms with E-state index in [0.717, 1.165) is 6.42 Å². The van der Waals surface area contributed by atoms with Gasteiger partial charge < -0.3 is 10.0 Å². The maximum atomic E-state index is 12.0. The molecule has 102 valence electrons. The first-order valence-electron chi connectivity index (χ1n) is 6.09. The number of aromatic carboxylic acids is 1. The van der Waals surface area contributed by atoms with Crippen molar-refractivity contribution in [2.45, 2.75) is 26.7 Å². The predicted molar refractivity (Wildman–Crippen MR) is 71.3 cm³/mol. The average Bonchev–Trinajstić information content (AvgIpc) is 2.35. The Hall–Kier alpha value is -2.17. The number of hydrogen-bond acceptors (Lipinski definition) is 3. The van der Waals surface area contributed by atoms with Crippen molar-refractivity contribution in [3.05, 3.63) is 29.8 Å². The molecule has 0 aliphatic carbocycles. The number of amides is 1. The van der Waals surface area contributed by atoms with E-state index in [-0.39, 0.29) is 23.7 Å². The van der Waals surface area contributed by atoms with Crippen molar-refractivity contribution in [3.63, 3.8) is 0 Å². The number of ketones is 1. The molecule has 1 rings (SSSR count). The van der Waals surface area contributed by atoms with E-state index in [4.69, 9.17) is 5.11 Å².